The first-order chi connectivity index (χ1) is 15.6. The summed E-state index contributed by atoms with van der Waals surface area (Å²) in [6.45, 7) is 8.42. The zero-order valence-corrected chi connectivity index (χ0v) is 19.1. The lowest BCUT2D eigenvalue weighted by Gasteiger charge is -2.24. The molecule has 1 aromatic carbocycles. The average Bonchev–Trinajstić information content (AvgIpc) is 2.85. The molecule has 0 bridgehead atoms. The molecule has 4 rings (SSSR count). The van der Waals surface area contributed by atoms with Gasteiger partial charge in [-0.25, -0.2) is 4.98 Å². The Morgan fingerprint density at radius 1 is 1.25 bits per heavy atom. The van der Waals surface area contributed by atoms with Crippen molar-refractivity contribution >= 4 is 29.0 Å². The smallest absolute Gasteiger partial charge is 0.252 e. The SMILES string of the molecule is C=C(C(=O)Nc1cc(-c2cccc(NCC3CCOCC3)c2)c(Cl)cn1)[C@@H]1CCCNC1. The number of ether oxygens (including phenoxy) is 1. The van der Waals surface area contributed by atoms with E-state index in [0.29, 0.717) is 22.3 Å². The van der Waals surface area contributed by atoms with Gasteiger partial charge in [0, 0.05) is 55.2 Å². The van der Waals surface area contributed by atoms with Crippen LogP contribution in [0.1, 0.15) is 25.7 Å². The van der Waals surface area contributed by atoms with Gasteiger partial charge in [-0.1, -0.05) is 30.3 Å². The van der Waals surface area contributed by atoms with E-state index in [4.69, 9.17) is 16.3 Å². The summed E-state index contributed by atoms with van der Waals surface area (Å²) in [6, 6.07) is 9.99. The predicted molar refractivity (Wildman–Crippen MR) is 130 cm³/mol. The minimum atomic E-state index is -0.189. The minimum Gasteiger partial charge on any atom is -0.385 e. The number of benzene rings is 1. The van der Waals surface area contributed by atoms with Crippen LogP contribution in [0.5, 0.6) is 0 Å². The first-order valence-electron chi connectivity index (χ1n) is 11.4. The molecule has 2 aliphatic heterocycles. The molecule has 2 fully saturated rings. The number of rotatable bonds is 7. The highest BCUT2D eigenvalue weighted by Gasteiger charge is 2.22. The Hall–Kier alpha value is -2.41. The van der Waals surface area contributed by atoms with Crippen molar-refractivity contribution in [2.45, 2.75) is 25.7 Å². The number of pyridine rings is 1. The largest absolute Gasteiger partial charge is 0.385 e. The maximum atomic E-state index is 12.7. The third-order valence-corrected chi connectivity index (χ3v) is 6.59. The lowest BCUT2D eigenvalue weighted by molar-refractivity contribution is -0.113. The molecular formula is C25H31ClN4O2. The lowest BCUT2D eigenvalue weighted by Crippen LogP contribution is -2.33. The Labute approximate surface area is 194 Å². The van der Waals surface area contributed by atoms with Gasteiger partial charge < -0.3 is 20.7 Å². The summed E-state index contributed by atoms with van der Waals surface area (Å²) in [5, 5.41) is 10.3. The number of halogens is 1. The van der Waals surface area contributed by atoms with E-state index < -0.39 is 0 Å². The van der Waals surface area contributed by atoms with Crippen LogP contribution in [0.2, 0.25) is 5.02 Å². The standard InChI is InChI=1S/C25H31ClN4O2/c1-17(20-5-3-9-27-15-20)25(31)30-24-13-22(23(26)16-29-24)19-4-2-6-21(12-19)28-14-18-7-10-32-11-8-18/h2,4,6,12-13,16,18,20,27-28H,1,3,5,7-11,14-15H2,(H,29,30,31)/t20-/m1/s1. The van der Waals surface area contributed by atoms with Gasteiger partial charge in [0.05, 0.1) is 5.02 Å². The number of nitrogens with zero attached hydrogens (tertiary/aromatic N) is 1. The molecule has 0 unspecified atom stereocenters. The number of nitrogens with one attached hydrogen (secondary N) is 3. The number of hydrogen-bond donors (Lipinski definition) is 3. The van der Waals surface area contributed by atoms with Crippen molar-refractivity contribution < 1.29 is 9.53 Å². The number of amides is 1. The molecule has 1 atom stereocenters. The summed E-state index contributed by atoms with van der Waals surface area (Å²) < 4.78 is 5.44. The first-order valence-corrected chi connectivity index (χ1v) is 11.8. The molecule has 1 amide bonds. The second kappa shape index (κ2) is 10.9. The van der Waals surface area contributed by atoms with E-state index in [1.807, 2.05) is 18.2 Å². The first kappa shape index (κ1) is 22.8. The van der Waals surface area contributed by atoms with Crippen LogP contribution in [0.4, 0.5) is 11.5 Å². The topological polar surface area (TPSA) is 75.3 Å². The molecule has 3 N–H and O–H groups in total. The molecule has 7 heteroatoms. The molecule has 2 aliphatic rings. The van der Waals surface area contributed by atoms with Crippen molar-refractivity contribution in [1.29, 1.82) is 0 Å². The van der Waals surface area contributed by atoms with Gasteiger partial charge in [-0.2, -0.15) is 0 Å². The van der Waals surface area contributed by atoms with Crippen LogP contribution in [0.25, 0.3) is 11.1 Å². The highest BCUT2D eigenvalue weighted by Crippen LogP contribution is 2.31. The summed E-state index contributed by atoms with van der Waals surface area (Å²) in [4.78, 5) is 17.0. The predicted octanol–water partition coefficient (Wildman–Crippen LogP) is 4.73. The number of aromatic nitrogens is 1. The molecule has 0 aliphatic carbocycles. The highest BCUT2D eigenvalue weighted by atomic mass is 35.5. The maximum absolute atomic E-state index is 12.7. The van der Waals surface area contributed by atoms with Gasteiger partial charge in [-0.15, -0.1) is 0 Å². The van der Waals surface area contributed by atoms with Gasteiger partial charge in [0.25, 0.3) is 5.91 Å². The zero-order chi connectivity index (χ0) is 22.3. The minimum absolute atomic E-state index is 0.161. The van der Waals surface area contributed by atoms with E-state index in [9.17, 15) is 4.79 Å². The second-order valence-electron chi connectivity index (χ2n) is 8.59. The molecule has 0 radical (unpaired) electrons. The summed E-state index contributed by atoms with van der Waals surface area (Å²) in [6.07, 6.45) is 5.80. The van der Waals surface area contributed by atoms with Crippen LogP contribution in [0.3, 0.4) is 0 Å². The van der Waals surface area contributed by atoms with E-state index in [-0.39, 0.29) is 11.8 Å². The number of hydrogen-bond acceptors (Lipinski definition) is 5. The third kappa shape index (κ3) is 5.88. The van der Waals surface area contributed by atoms with Gasteiger partial charge in [0.15, 0.2) is 0 Å². The fraction of sp³-hybridized carbons (Fsp3) is 0.440. The summed E-state index contributed by atoms with van der Waals surface area (Å²) in [5.41, 5.74) is 3.44. The van der Waals surface area contributed by atoms with E-state index >= 15 is 0 Å². The van der Waals surface area contributed by atoms with Crippen LogP contribution < -0.4 is 16.0 Å². The van der Waals surface area contributed by atoms with Crippen molar-refractivity contribution in [3.05, 3.63) is 53.7 Å². The van der Waals surface area contributed by atoms with Crippen LogP contribution in [0.15, 0.2) is 48.7 Å². The number of carbonyl (C=O) groups is 1. The molecule has 32 heavy (non-hydrogen) atoms. The van der Waals surface area contributed by atoms with Gasteiger partial charge in [-0.05, 0) is 61.9 Å². The van der Waals surface area contributed by atoms with E-state index in [1.165, 1.54) is 0 Å². The normalized spacial score (nSPS) is 19.3. The van der Waals surface area contributed by atoms with Crippen molar-refractivity contribution in [3.8, 4) is 11.1 Å². The molecule has 2 saturated heterocycles. The maximum Gasteiger partial charge on any atom is 0.252 e. The molecule has 6 nitrogen and oxygen atoms in total. The molecule has 3 heterocycles. The molecule has 1 aromatic heterocycles. The zero-order valence-electron chi connectivity index (χ0n) is 18.3. The van der Waals surface area contributed by atoms with Crippen molar-refractivity contribution in [2.24, 2.45) is 11.8 Å². The Bertz CT molecular complexity index is 953. The molecule has 2 aromatic rings. The Kier molecular flexibility index (Phi) is 7.79. The van der Waals surface area contributed by atoms with Crippen LogP contribution in [-0.4, -0.2) is 43.7 Å². The summed E-state index contributed by atoms with van der Waals surface area (Å²) in [7, 11) is 0. The average molecular weight is 455 g/mol. The fourth-order valence-corrected chi connectivity index (χ4v) is 4.48. The summed E-state index contributed by atoms with van der Waals surface area (Å²) >= 11 is 6.47. The van der Waals surface area contributed by atoms with Crippen molar-refractivity contribution in [2.75, 3.05) is 43.5 Å². The Morgan fingerprint density at radius 2 is 2.09 bits per heavy atom. The van der Waals surface area contributed by atoms with E-state index in [0.717, 1.165) is 75.3 Å². The number of piperidine rings is 1. The molecule has 0 saturated carbocycles. The molecule has 0 spiro atoms. The fourth-order valence-electron chi connectivity index (χ4n) is 4.27. The number of anilines is 2. The van der Waals surface area contributed by atoms with E-state index in [2.05, 4.69) is 39.6 Å². The second-order valence-corrected chi connectivity index (χ2v) is 9.00. The number of carbonyl (C=O) groups excluding carboxylic acids is 1. The van der Waals surface area contributed by atoms with E-state index in [1.54, 1.807) is 6.20 Å². The van der Waals surface area contributed by atoms with Gasteiger partial charge in [0.1, 0.15) is 5.82 Å². The Morgan fingerprint density at radius 3 is 2.88 bits per heavy atom. The Balaban J connectivity index is 1.44. The summed E-state index contributed by atoms with van der Waals surface area (Å²) in [5.74, 6) is 1.08. The third-order valence-electron chi connectivity index (χ3n) is 6.29. The van der Waals surface area contributed by atoms with Crippen LogP contribution in [0, 0.1) is 11.8 Å². The molecular weight excluding hydrogens is 424 g/mol. The molecule has 170 valence electrons. The quantitative estimate of drug-likeness (QED) is 0.527. The van der Waals surface area contributed by atoms with Crippen LogP contribution >= 0.6 is 11.6 Å². The van der Waals surface area contributed by atoms with Crippen molar-refractivity contribution in [1.82, 2.24) is 10.3 Å². The van der Waals surface area contributed by atoms with Gasteiger partial charge in [0.2, 0.25) is 0 Å². The van der Waals surface area contributed by atoms with Gasteiger partial charge in [-0.3, -0.25) is 4.79 Å². The van der Waals surface area contributed by atoms with Crippen molar-refractivity contribution in [3.63, 3.8) is 0 Å². The lowest BCUT2D eigenvalue weighted by atomic mass is 9.92. The van der Waals surface area contributed by atoms with Gasteiger partial charge >= 0.3 is 0 Å². The monoisotopic (exact) mass is 454 g/mol. The highest BCUT2D eigenvalue weighted by molar-refractivity contribution is 6.33. The van der Waals surface area contributed by atoms with Crippen LogP contribution in [-0.2, 0) is 9.53 Å².